The van der Waals surface area contributed by atoms with Gasteiger partial charge in [-0.3, -0.25) is 0 Å². The average molecular weight is 270 g/mol. The zero-order chi connectivity index (χ0) is 14.9. The molecule has 0 aliphatic carbocycles. The summed E-state index contributed by atoms with van der Waals surface area (Å²) in [5.74, 6) is 7.37. The van der Waals surface area contributed by atoms with E-state index in [1.165, 1.54) is 11.1 Å². The second-order valence-electron chi connectivity index (χ2n) is 5.49. The van der Waals surface area contributed by atoms with Crippen molar-refractivity contribution in [2.75, 3.05) is 5.43 Å². The number of nitrogens with one attached hydrogen (secondary N) is 1. The molecule has 106 valence electrons. The Bertz CT molecular complexity index is 633. The smallest absolute Gasteiger partial charge is 0.161 e. The Kier molecular flexibility index (Phi) is 4.04. The van der Waals surface area contributed by atoms with Gasteiger partial charge < -0.3 is 5.43 Å². The summed E-state index contributed by atoms with van der Waals surface area (Å²) < 4.78 is 0. The summed E-state index contributed by atoms with van der Waals surface area (Å²) in [7, 11) is 0. The lowest BCUT2D eigenvalue weighted by atomic mass is 10.0. The van der Waals surface area contributed by atoms with Crippen LogP contribution in [0.1, 0.15) is 42.1 Å². The molecule has 3 N–H and O–H groups in total. The molecular weight excluding hydrogens is 248 g/mol. The molecule has 0 spiro atoms. The lowest BCUT2D eigenvalue weighted by Crippen LogP contribution is -2.14. The van der Waals surface area contributed by atoms with E-state index in [1.807, 2.05) is 13.0 Å². The van der Waals surface area contributed by atoms with Gasteiger partial charge in [-0.05, 0) is 43.9 Å². The third kappa shape index (κ3) is 2.65. The maximum absolute atomic E-state index is 5.62. The minimum absolute atomic E-state index is 0.329. The third-order valence-electron chi connectivity index (χ3n) is 3.62. The number of anilines is 1. The number of nitrogens with zero attached hydrogens (tertiary/aromatic N) is 2. The van der Waals surface area contributed by atoms with Crippen molar-refractivity contribution >= 4 is 5.82 Å². The number of hydrogen-bond donors (Lipinski definition) is 2. The average Bonchev–Trinajstić information content (AvgIpc) is 2.40. The van der Waals surface area contributed by atoms with Crippen molar-refractivity contribution in [3.8, 4) is 11.4 Å². The van der Waals surface area contributed by atoms with E-state index in [4.69, 9.17) is 5.84 Å². The molecule has 1 aromatic carbocycles. The topological polar surface area (TPSA) is 63.8 Å². The van der Waals surface area contributed by atoms with E-state index >= 15 is 0 Å². The number of aryl methyl sites for hydroxylation is 3. The molecule has 1 aromatic heterocycles. The first kappa shape index (κ1) is 14.5. The zero-order valence-corrected chi connectivity index (χ0v) is 12.8. The van der Waals surface area contributed by atoms with Gasteiger partial charge in [0.2, 0.25) is 0 Å². The van der Waals surface area contributed by atoms with Crippen LogP contribution >= 0.6 is 0 Å². The molecule has 4 heteroatoms. The Morgan fingerprint density at radius 3 is 2.30 bits per heavy atom. The second-order valence-corrected chi connectivity index (χ2v) is 5.49. The highest BCUT2D eigenvalue weighted by atomic mass is 15.3. The van der Waals surface area contributed by atoms with Crippen LogP contribution in [0.3, 0.4) is 0 Å². The summed E-state index contributed by atoms with van der Waals surface area (Å²) in [5, 5.41) is 0. The highest BCUT2D eigenvalue weighted by Gasteiger charge is 2.15. The molecule has 0 bridgehead atoms. The van der Waals surface area contributed by atoms with Crippen LogP contribution < -0.4 is 11.3 Å². The van der Waals surface area contributed by atoms with Crippen LogP contribution in [0.15, 0.2) is 18.2 Å². The van der Waals surface area contributed by atoms with Crippen molar-refractivity contribution < 1.29 is 0 Å². The number of aromatic nitrogens is 2. The summed E-state index contributed by atoms with van der Waals surface area (Å²) in [6.07, 6.45) is 0. The summed E-state index contributed by atoms with van der Waals surface area (Å²) in [5.41, 5.74) is 8.26. The van der Waals surface area contributed by atoms with Crippen LogP contribution in [0.5, 0.6) is 0 Å². The maximum Gasteiger partial charge on any atom is 0.161 e. The molecule has 20 heavy (non-hydrogen) atoms. The first-order valence-electron chi connectivity index (χ1n) is 6.86. The van der Waals surface area contributed by atoms with Crippen molar-refractivity contribution in [1.82, 2.24) is 9.97 Å². The highest BCUT2D eigenvalue weighted by molar-refractivity contribution is 5.61. The van der Waals surface area contributed by atoms with E-state index in [0.717, 1.165) is 16.8 Å². The Hall–Kier alpha value is -1.94. The SMILES string of the molecule is Cc1ccc(-c2nc(C)c(C(C)C)c(NN)n2)cc1C. The Balaban J connectivity index is 2.58. The van der Waals surface area contributed by atoms with Gasteiger partial charge in [-0.25, -0.2) is 15.8 Å². The lowest BCUT2D eigenvalue weighted by molar-refractivity contribution is 0.832. The van der Waals surface area contributed by atoms with Crippen LogP contribution in [-0.4, -0.2) is 9.97 Å². The van der Waals surface area contributed by atoms with Crippen molar-refractivity contribution in [1.29, 1.82) is 0 Å². The van der Waals surface area contributed by atoms with E-state index in [9.17, 15) is 0 Å². The van der Waals surface area contributed by atoms with Crippen LogP contribution in [0.25, 0.3) is 11.4 Å². The predicted molar refractivity (Wildman–Crippen MR) is 83.6 cm³/mol. The maximum atomic E-state index is 5.62. The highest BCUT2D eigenvalue weighted by Crippen LogP contribution is 2.28. The van der Waals surface area contributed by atoms with E-state index < -0.39 is 0 Å². The molecule has 0 saturated heterocycles. The summed E-state index contributed by atoms with van der Waals surface area (Å²) >= 11 is 0. The number of nitrogen functional groups attached to an aromatic ring is 1. The number of rotatable bonds is 3. The Labute approximate surface area is 120 Å². The fourth-order valence-corrected chi connectivity index (χ4v) is 2.39. The molecule has 0 aliphatic heterocycles. The first-order chi connectivity index (χ1) is 9.43. The van der Waals surface area contributed by atoms with E-state index in [-0.39, 0.29) is 0 Å². The van der Waals surface area contributed by atoms with Crippen LogP contribution in [0, 0.1) is 20.8 Å². The van der Waals surface area contributed by atoms with Crippen molar-refractivity contribution in [3.63, 3.8) is 0 Å². The summed E-state index contributed by atoms with van der Waals surface area (Å²) in [6, 6.07) is 6.25. The minimum Gasteiger partial charge on any atom is -0.308 e. The molecule has 0 aliphatic rings. The number of hydrazine groups is 1. The van der Waals surface area contributed by atoms with Gasteiger partial charge in [-0.1, -0.05) is 26.0 Å². The van der Waals surface area contributed by atoms with Gasteiger partial charge in [0.1, 0.15) is 5.82 Å². The fourth-order valence-electron chi connectivity index (χ4n) is 2.39. The van der Waals surface area contributed by atoms with E-state index in [0.29, 0.717) is 17.6 Å². The molecule has 4 nitrogen and oxygen atoms in total. The van der Waals surface area contributed by atoms with Gasteiger partial charge in [0.25, 0.3) is 0 Å². The number of hydrogen-bond acceptors (Lipinski definition) is 4. The standard InChI is InChI=1S/C16H22N4/c1-9(2)14-12(5)18-15(19-16(14)20-17)13-7-6-10(3)11(4)8-13/h6-9H,17H2,1-5H3,(H,18,19,20). The third-order valence-corrected chi connectivity index (χ3v) is 3.62. The van der Waals surface area contributed by atoms with E-state index in [2.05, 4.69) is 55.2 Å². The Morgan fingerprint density at radius 1 is 1.05 bits per heavy atom. The quantitative estimate of drug-likeness (QED) is 0.662. The predicted octanol–water partition coefficient (Wildman–Crippen LogP) is 3.48. The minimum atomic E-state index is 0.329. The molecule has 0 fully saturated rings. The van der Waals surface area contributed by atoms with Crippen molar-refractivity contribution in [3.05, 3.63) is 40.6 Å². The molecule has 0 saturated carbocycles. The summed E-state index contributed by atoms with van der Waals surface area (Å²) in [4.78, 5) is 9.20. The molecule has 2 aromatic rings. The fraction of sp³-hybridized carbons (Fsp3) is 0.375. The number of benzene rings is 1. The van der Waals surface area contributed by atoms with Gasteiger partial charge in [0.05, 0.1) is 0 Å². The van der Waals surface area contributed by atoms with Gasteiger partial charge in [-0.15, -0.1) is 0 Å². The zero-order valence-electron chi connectivity index (χ0n) is 12.8. The lowest BCUT2D eigenvalue weighted by Gasteiger charge is -2.15. The van der Waals surface area contributed by atoms with Crippen LogP contribution in [-0.2, 0) is 0 Å². The van der Waals surface area contributed by atoms with Gasteiger partial charge in [0.15, 0.2) is 5.82 Å². The summed E-state index contributed by atoms with van der Waals surface area (Å²) in [6.45, 7) is 10.4. The molecule has 0 radical (unpaired) electrons. The van der Waals surface area contributed by atoms with Gasteiger partial charge in [0, 0.05) is 16.8 Å². The molecule has 0 unspecified atom stereocenters. The van der Waals surface area contributed by atoms with Gasteiger partial charge >= 0.3 is 0 Å². The van der Waals surface area contributed by atoms with E-state index in [1.54, 1.807) is 0 Å². The first-order valence-corrected chi connectivity index (χ1v) is 6.86. The van der Waals surface area contributed by atoms with Crippen LogP contribution in [0.4, 0.5) is 5.82 Å². The second kappa shape index (κ2) is 5.59. The monoisotopic (exact) mass is 270 g/mol. The Morgan fingerprint density at radius 2 is 1.75 bits per heavy atom. The van der Waals surface area contributed by atoms with Gasteiger partial charge in [-0.2, -0.15) is 0 Å². The molecule has 0 atom stereocenters. The molecule has 1 heterocycles. The van der Waals surface area contributed by atoms with Crippen LogP contribution in [0.2, 0.25) is 0 Å². The van der Waals surface area contributed by atoms with Crippen molar-refractivity contribution in [2.45, 2.75) is 40.5 Å². The molecule has 2 rings (SSSR count). The molecular formula is C16H22N4. The largest absolute Gasteiger partial charge is 0.308 e. The normalized spacial score (nSPS) is 10.9. The number of nitrogens with two attached hydrogens (primary N) is 1. The van der Waals surface area contributed by atoms with Crippen molar-refractivity contribution in [2.24, 2.45) is 5.84 Å². The molecule has 0 amide bonds.